The van der Waals surface area contributed by atoms with Crippen molar-refractivity contribution in [3.8, 4) is 5.75 Å². The summed E-state index contributed by atoms with van der Waals surface area (Å²) in [4.78, 5) is 0. The molecule has 1 nitrogen and oxygen atoms in total. The Morgan fingerprint density at radius 3 is 2.84 bits per heavy atom. The fourth-order valence-corrected chi connectivity index (χ4v) is 3.36. The van der Waals surface area contributed by atoms with Crippen molar-refractivity contribution in [2.45, 2.75) is 11.8 Å². The highest BCUT2D eigenvalue weighted by atomic mass is 79.9. The molecule has 98 valence electrons. The zero-order chi connectivity index (χ0) is 13.4. The summed E-state index contributed by atoms with van der Waals surface area (Å²) in [6.45, 7) is 0.757. The van der Waals surface area contributed by atoms with Gasteiger partial charge >= 0.3 is 0 Å². The molecule has 0 spiro atoms. The Hall–Kier alpha value is -0.700. The summed E-state index contributed by atoms with van der Waals surface area (Å²) in [5, 5.41) is 0.465. The minimum absolute atomic E-state index is 0.223. The van der Waals surface area contributed by atoms with Crippen LogP contribution in [0.4, 0.5) is 0 Å². The number of rotatable bonds is 2. The lowest BCUT2D eigenvalue weighted by atomic mass is 10.0. The number of hydrogen-bond acceptors (Lipinski definition) is 1. The molecule has 0 aromatic heterocycles. The van der Waals surface area contributed by atoms with Gasteiger partial charge in [-0.2, -0.15) is 0 Å². The smallest absolute Gasteiger partial charge is 0.122 e. The van der Waals surface area contributed by atoms with Crippen molar-refractivity contribution in [3.05, 3.63) is 62.6 Å². The number of hydrogen-bond donors (Lipinski definition) is 0. The van der Waals surface area contributed by atoms with Crippen LogP contribution < -0.4 is 4.74 Å². The lowest BCUT2D eigenvalue weighted by molar-refractivity contribution is 0.357. The number of benzene rings is 2. The Bertz CT molecular complexity index is 628. The summed E-state index contributed by atoms with van der Waals surface area (Å²) < 4.78 is 6.47. The van der Waals surface area contributed by atoms with Gasteiger partial charge in [-0.25, -0.2) is 0 Å². The van der Waals surface area contributed by atoms with E-state index in [0.29, 0.717) is 5.02 Å². The molecule has 2 aromatic rings. The Morgan fingerprint density at radius 2 is 2.00 bits per heavy atom. The molecular weight excluding hydrogens is 347 g/mol. The predicted molar refractivity (Wildman–Crippen MR) is 82.5 cm³/mol. The molecule has 1 atom stereocenters. The van der Waals surface area contributed by atoms with E-state index in [0.717, 1.165) is 34.4 Å². The quantitative estimate of drug-likeness (QED) is 0.657. The number of halogens is 3. The van der Waals surface area contributed by atoms with Crippen molar-refractivity contribution in [2.75, 3.05) is 6.61 Å². The highest BCUT2D eigenvalue weighted by molar-refractivity contribution is 9.10. The van der Waals surface area contributed by atoms with Crippen LogP contribution >= 0.6 is 39.1 Å². The van der Waals surface area contributed by atoms with Crippen LogP contribution in [0.15, 0.2) is 40.9 Å². The van der Waals surface area contributed by atoms with Crippen LogP contribution in [0.1, 0.15) is 22.1 Å². The number of ether oxygens (including phenoxy) is 1. The zero-order valence-electron chi connectivity index (χ0n) is 10.00. The first-order valence-electron chi connectivity index (χ1n) is 6.00. The molecule has 1 heterocycles. The summed E-state index contributed by atoms with van der Waals surface area (Å²) in [5.41, 5.74) is 3.27. The molecule has 1 aliphatic heterocycles. The van der Waals surface area contributed by atoms with Gasteiger partial charge in [-0.1, -0.05) is 39.7 Å². The highest BCUT2D eigenvalue weighted by Crippen LogP contribution is 2.37. The van der Waals surface area contributed by atoms with Gasteiger partial charge in [0, 0.05) is 15.9 Å². The largest absolute Gasteiger partial charge is 0.493 e. The van der Waals surface area contributed by atoms with E-state index in [1.165, 1.54) is 5.56 Å². The monoisotopic (exact) mass is 356 g/mol. The summed E-state index contributed by atoms with van der Waals surface area (Å²) in [5.74, 6) is 0.970. The van der Waals surface area contributed by atoms with Crippen LogP contribution in [0, 0.1) is 0 Å². The summed E-state index contributed by atoms with van der Waals surface area (Å²) in [7, 11) is 0. The lowest BCUT2D eigenvalue weighted by Gasteiger charge is -2.14. The van der Waals surface area contributed by atoms with Gasteiger partial charge in [0.15, 0.2) is 0 Å². The first kappa shape index (κ1) is 13.3. The van der Waals surface area contributed by atoms with Gasteiger partial charge < -0.3 is 4.74 Å². The molecule has 0 saturated carbocycles. The van der Waals surface area contributed by atoms with Gasteiger partial charge in [0.2, 0.25) is 0 Å². The van der Waals surface area contributed by atoms with Crippen LogP contribution in [0.25, 0.3) is 0 Å². The van der Waals surface area contributed by atoms with Gasteiger partial charge in [-0.05, 0) is 41.0 Å². The van der Waals surface area contributed by atoms with Crippen molar-refractivity contribution in [1.29, 1.82) is 0 Å². The molecule has 0 N–H and O–H groups in total. The third-order valence-electron chi connectivity index (χ3n) is 3.24. The van der Waals surface area contributed by atoms with Crippen LogP contribution in [-0.4, -0.2) is 6.61 Å². The van der Waals surface area contributed by atoms with E-state index in [4.69, 9.17) is 27.9 Å². The van der Waals surface area contributed by atoms with Crippen molar-refractivity contribution in [2.24, 2.45) is 0 Å². The maximum absolute atomic E-state index is 6.58. The topological polar surface area (TPSA) is 9.23 Å². The van der Waals surface area contributed by atoms with Crippen LogP contribution in [0.5, 0.6) is 5.75 Å². The van der Waals surface area contributed by atoms with Gasteiger partial charge in [0.1, 0.15) is 5.75 Å². The molecule has 1 aliphatic rings. The second-order valence-corrected chi connectivity index (χ2v) is 6.22. The molecule has 0 saturated heterocycles. The summed E-state index contributed by atoms with van der Waals surface area (Å²) in [6, 6.07) is 11.8. The minimum atomic E-state index is -0.223. The normalized spacial score (nSPS) is 14.9. The number of fused-ring (bicyclic) bond motifs is 1. The Morgan fingerprint density at radius 1 is 1.16 bits per heavy atom. The van der Waals surface area contributed by atoms with Gasteiger partial charge in [0.25, 0.3) is 0 Å². The van der Waals surface area contributed by atoms with E-state index >= 15 is 0 Å². The second-order valence-electron chi connectivity index (χ2n) is 4.49. The predicted octanol–water partition coefficient (Wildman–Crippen LogP) is 5.37. The highest BCUT2D eigenvalue weighted by Gasteiger charge is 2.18. The Labute approximate surface area is 130 Å². The maximum Gasteiger partial charge on any atom is 0.122 e. The summed E-state index contributed by atoms with van der Waals surface area (Å²) in [6.07, 6.45) is 0.948. The van der Waals surface area contributed by atoms with Crippen molar-refractivity contribution >= 4 is 39.1 Å². The standard InChI is InChI=1S/C15H11BrCl2O/c16-13-3-2-11(17)8-12(13)15(18)10-1-4-14-9(7-10)5-6-19-14/h1-4,7-8,15H,5-6H2. The first-order chi connectivity index (χ1) is 9.15. The fraction of sp³-hybridized carbons (Fsp3) is 0.200. The average molecular weight is 358 g/mol. The molecule has 1 unspecified atom stereocenters. The van der Waals surface area contributed by atoms with Crippen molar-refractivity contribution < 1.29 is 4.74 Å². The molecule has 0 aliphatic carbocycles. The molecule has 4 heteroatoms. The SMILES string of the molecule is Clc1ccc(Br)c(C(Cl)c2ccc3c(c2)CCO3)c1. The van der Waals surface area contributed by atoms with Crippen molar-refractivity contribution in [3.63, 3.8) is 0 Å². The van der Waals surface area contributed by atoms with Crippen molar-refractivity contribution in [1.82, 2.24) is 0 Å². The molecule has 0 bridgehead atoms. The molecule has 0 fully saturated rings. The van der Waals surface area contributed by atoms with E-state index in [1.54, 1.807) is 0 Å². The third kappa shape index (κ3) is 2.62. The third-order valence-corrected chi connectivity index (χ3v) is 4.68. The van der Waals surface area contributed by atoms with E-state index in [9.17, 15) is 0 Å². The molecular formula is C15H11BrCl2O. The fourth-order valence-electron chi connectivity index (χ4n) is 2.25. The van der Waals surface area contributed by atoms with E-state index < -0.39 is 0 Å². The zero-order valence-corrected chi connectivity index (χ0v) is 13.1. The average Bonchev–Trinajstić information content (AvgIpc) is 2.88. The first-order valence-corrected chi connectivity index (χ1v) is 7.60. The minimum Gasteiger partial charge on any atom is -0.493 e. The Balaban J connectivity index is 1.99. The van der Waals surface area contributed by atoms with E-state index in [2.05, 4.69) is 22.0 Å². The lowest BCUT2D eigenvalue weighted by Crippen LogP contribution is -1.95. The Kier molecular flexibility index (Phi) is 3.75. The van der Waals surface area contributed by atoms with E-state index in [1.807, 2.05) is 30.3 Å². The van der Waals surface area contributed by atoms with Crippen LogP contribution in [0.3, 0.4) is 0 Å². The van der Waals surface area contributed by atoms with Gasteiger partial charge in [0.05, 0.1) is 12.0 Å². The van der Waals surface area contributed by atoms with Gasteiger partial charge in [-0.3, -0.25) is 0 Å². The van der Waals surface area contributed by atoms with Gasteiger partial charge in [-0.15, -0.1) is 11.6 Å². The molecule has 0 amide bonds. The molecule has 2 aromatic carbocycles. The number of alkyl halides is 1. The molecule has 19 heavy (non-hydrogen) atoms. The molecule has 0 radical (unpaired) electrons. The maximum atomic E-state index is 6.58. The summed E-state index contributed by atoms with van der Waals surface area (Å²) >= 11 is 16.1. The van der Waals surface area contributed by atoms with E-state index in [-0.39, 0.29) is 5.38 Å². The van der Waals surface area contributed by atoms with Crippen LogP contribution in [-0.2, 0) is 6.42 Å². The van der Waals surface area contributed by atoms with Crippen LogP contribution in [0.2, 0.25) is 5.02 Å². The second kappa shape index (κ2) is 5.35. The molecule has 3 rings (SSSR count).